The van der Waals surface area contributed by atoms with E-state index in [0.717, 1.165) is 0 Å². The Morgan fingerprint density at radius 1 is 0.842 bits per heavy atom. The summed E-state index contributed by atoms with van der Waals surface area (Å²) in [5.74, 6) is -1.38. The highest BCUT2D eigenvalue weighted by atomic mass is 79.9. The first-order chi connectivity index (χ1) is 8.77. The molecule has 2 rings (SSSR count). The zero-order valence-corrected chi connectivity index (χ0v) is 15.2. The number of halogens is 2. The van der Waals surface area contributed by atoms with Gasteiger partial charge in [-0.25, -0.2) is 0 Å². The second-order valence-electron chi connectivity index (χ2n) is 4.46. The molecule has 0 aliphatic heterocycles. The number of hydrogen-bond donors (Lipinski definition) is 0. The van der Waals surface area contributed by atoms with Crippen molar-refractivity contribution in [2.45, 2.75) is 19.8 Å². The summed E-state index contributed by atoms with van der Waals surface area (Å²) in [6, 6.07) is 21.8. The van der Waals surface area contributed by atoms with Crippen molar-refractivity contribution in [3.05, 3.63) is 60.7 Å². The Morgan fingerprint density at radius 3 is 1.63 bits per heavy atom. The number of unbranched alkanes of at least 4 members (excludes halogenated alkanes) is 1. The van der Waals surface area contributed by atoms with E-state index in [1.807, 2.05) is 0 Å². The summed E-state index contributed by atoms with van der Waals surface area (Å²) in [5, 5.41) is 2.90. The molecule has 102 valence electrons. The van der Waals surface area contributed by atoms with Gasteiger partial charge in [0.2, 0.25) is 0 Å². The minimum absolute atomic E-state index is 0. The summed E-state index contributed by atoms with van der Waals surface area (Å²) in [6.45, 7) is 2.26. The van der Waals surface area contributed by atoms with Crippen LogP contribution in [0.3, 0.4) is 0 Å². The van der Waals surface area contributed by atoms with Crippen molar-refractivity contribution >= 4 is 32.1 Å². The predicted molar refractivity (Wildman–Crippen MR) is 87.8 cm³/mol. The van der Waals surface area contributed by atoms with Gasteiger partial charge in [-0.05, 0) is 30.7 Å². The first-order valence-corrected chi connectivity index (χ1v) is 10.5. The van der Waals surface area contributed by atoms with Crippen LogP contribution in [0.5, 0.6) is 0 Å². The van der Waals surface area contributed by atoms with Crippen LogP contribution in [0.25, 0.3) is 0 Å². The van der Waals surface area contributed by atoms with Gasteiger partial charge in [0.05, 0.1) is 6.16 Å². The van der Waals surface area contributed by atoms with Gasteiger partial charge in [0.25, 0.3) is 0 Å². The third-order valence-corrected chi connectivity index (χ3v) is 9.84. The fraction of sp³-hybridized carbons (Fsp3) is 0.250. The van der Waals surface area contributed by atoms with E-state index in [9.17, 15) is 0 Å². The van der Waals surface area contributed by atoms with Gasteiger partial charge >= 0.3 is 0 Å². The van der Waals surface area contributed by atoms with Gasteiger partial charge in [0.15, 0.2) is 15.5 Å². The third kappa shape index (κ3) is 4.15. The van der Waals surface area contributed by atoms with Gasteiger partial charge in [-0.3, -0.25) is 0 Å². The van der Waals surface area contributed by atoms with Crippen LogP contribution in [0.4, 0.5) is 0 Å². The van der Waals surface area contributed by atoms with Crippen molar-refractivity contribution < 1.29 is 17.0 Å². The van der Waals surface area contributed by atoms with Crippen molar-refractivity contribution in [3.63, 3.8) is 0 Å². The van der Waals surface area contributed by atoms with E-state index >= 15 is 0 Å². The predicted octanol–water partition coefficient (Wildman–Crippen LogP) is 1.77. The maximum Gasteiger partial charge on any atom is 0.151 e. The molecular formula is C16H19Br2P. The fourth-order valence-electron chi connectivity index (χ4n) is 2.11. The lowest BCUT2D eigenvalue weighted by Crippen LogP contribution is -3.00. The van der Waals surface area contributed by atoms with E-state index in [-0.39, 0.29) is 17.0 Å². The Kier molecular flexibility index (Phi) is 7.28. The van der Waals surface area contributed by atoms with Gasteiger partial charge in [-0.1, -0.05) is 49.7 Å². The summed E-state index contributed by atoms with van der Waals surface area (Å²) >= 11 is 4.11. The molecule has 0 spiro atoms. The van der Waals surface area contributed by atoms with E-state index in [4.69, 9.17) is 0 Å². The molecular weight excluding hydrogens is 383 g/mol. The molecule has 19 heavy (non-hydrogen) atoms. The molecule has 0 heterocycles. The van der Waals surface area contributed by atoms with Crippen molar-refractivity contribution in [1.29, 1.82) is 0 Å². The summed E-state index contributed by atoms with van der Waals surface area (Å²) in [6.07, 6.45) is 3.74. The van der Waals surface area contributed by atoms with Gasteiger partial charge in [-0.2, -0.15) is 0 Å². The van der Waals surface area contributed by atoms with Crippen LogP contribution in [0, 0.1) is 0 Å². The van der Waals surface area contributed by atoms with E-state index < -0.39 is 5.96 Å². The molecule has 0 nitrogen and oxygen atoms in total. The molecule has 0 aliphatic carbocycles. The summed E-state index contributed by atoms with van der Waals surface area (Å²) in [5.41, 5.74) is 0. The summed E-state index contributed by atoms with van der Waals surface area (Å²) in [4.78, 5) is 0. The topological polar surface area (TPSA) is 0 Å². The molecule has 0 N–H and O–H groups in total. The van der Waals surface area contributed by atoms with Crippen LogP contribution in [0.1, 0.15) is 19.8 Å². The lowest BCUT2D eigenvalue weighted by molar-refractivity contribution is -0.00000349. The van der Waals surface area contributed by atoms with Gasteiger partial charge < -0.3 is 17.0 Å². The molecule has 2 aromatic rings. The monoisotopic (exact) mass is 400 g/mol. The fourth-order valence-corrected chi connectivity index (χ4v) is 7.14. The van der Waals surface area contributed by atoms with Gasteiger partial charge in [0.1, 0.15) is 16.6 Å². The van der Waals surface area contributed by atoms with Gasteiger partial charge in [0, 0.05) is 0 Å². The highest BCUT2D eigenvalue weighted by molar-refractivity contribution is 9.43. The van der Waals surface area contributed by atoms with Crippen LogP contribution in [-0.2, 0) is 0 Å². The molecule has 0 saturated heterocycles. The van der Waals surface area contributed by atoms with E-state index in [1.165, 1.54) is 29.6 Å². The van der Waals surface area contributed by atoms with Crippen molar-refractivity contribution in [2.75, 3.05) is 6.16 Å². The Morgan fingerprint density at radius 2 is 1.26 bits per heavy atom. The lowest BCUT2D eigenvalue weighted by atomic mass is 10.4. The molecule has 0 aliphatic rings. The maximum absolute atomic E-state index is 4.11. The second-order valence-corrected chi connectivity index (χ2v) is 11.0. The quantitative estimate of drug-likeness (QED) is 0.670. The van der Waals surface area contributed by atoms with Crippen LogP contribution in [0.2, 0.25) is 0 Å². The first kappa shape index (κ1) is 16.9. The molecule has 0 aromatic heterocycles. The van der Waals surface area contributed by atoms with Gasteiger partial charge in [-0.15, -0.1) is 0 Å². The standard InChI is InChI=1S/C16H19BrP.BrH/c1-2-3-14-18(17,15-10-6-4-7-11-15)16-12-8-5-9-13-16;/h4-13H,2-3,14H2,1H3;1H/q+1;/p-1. The highest BCUT2D eigenvalue weighted by Gasteiger charge is 2.39. The van der Waals surface area contributed by atoms with Crippen molar-refractivity contribution in [3.8, 4) is 0 Å². The molecule has 0 fully saturated rings. The average Bonchev–Trinajstić information content (AvgIpc) is 2.46. The number of benzene rings is 2. The average molecular weight is 402 g/mol. The molecule has 0 bridgehead atoms. The summed E-state index contributed by atoms with van der Waals surface area (Å²) < 4.78 is 0. The molecule has 0 unspecified atom stereocenters. The Bertz CT molecular complexity index is 431. The largest absolute Gasteiger partial charge is 1.00 e. The molecule has 0 saturated carbocycles. The van der Waals surface area contributed by atoms with Crippen LogP contribution in [-0.4, -0.2) is 6.16 Å². The first-order valence-electron chi connectivity index (χ1n) is 6.46. The second kappa shape index (κ2) is 8.19. The Hall–Kier alpha value is -0.170. The van der Waals surface area contributed by atoms with E-state index in [0.29, 0.717) is 0 Å². The lowest BCUT2D eigenvalue weighted by Gasteiger charge is -2.19. The number of rotatable bonds is 5. The zero-order chi connectivity index (χ0) is 12.8. The molecule has 2 aromatic carbocycles. The van der Waals surface area contributed by atoms with Crippen molar-refractivity contribution in [1.82, 2.24) is 0 Å². The van der Waals surface area contributed by atoms with Crippen molar-refractivity contribution in [2.24, 2.45) is 0 Å². The van der Waals surface area contributed by atoms with E-state index in [1.54, 1.807) is 0 Å². The normalized spacial score (nSPS) is 10.8. The maximum atomic E-state index is 4.11. The third-order valence-electron chi connectivity index (χ3n) is 3.15. The minimum Gasteiger partial charge on any atom is -1.00 e. The molecule has 3 heteroatoms. The molecule has 0 radical (unpaired) electrons. The SMILES string of the molecule is CCCC[P+](Br)(c1ccccc1)c1ccccc1.[Br-]. The van der Waals surface area contributed by atoms with Crippen LogP contribution in [0.15, 0.2) is 60.7 Å². The zero-order valence-electron chi connectivity index (χ0n) is 11.1. The smallest absolute Gasteiger partial charge is 0.151 e. The summed E-state index contributed by atoms with van der Waals surface area (Å²) in [7, 11) is 0. The van der Waals surface area contributed by atoms with Crippen LogP contribution < -0.4 is 27.6 Å². The highest BCUT2D eigenvalue weighted by Crippen LogP contribution is 2.64. The van der Waals surface area contributed by atoms with Crippen LogP contribution >= 0.6 is 21.5 Å². The Labute approximate surface area is 135 Å². The van der Waals surface area contributed by atoms with E-state index in [2.05, 4.69) is 83.1 Å². The molecule has 0 amide bonds. The minimum atomic E-state index is -1.38. The number of hydrogen-bond acceptors (Lipinski definition) is 0. The molecule has 0 atom stereocenters. The Balaban J connectivity index is 0.00000180.